The highest BCUT2D eigenvalue weighted by Crippen LogP contribution is 2.22. The summed E-state index contributed by atoms with van der Waals surface area (Å²) in [7, 11) is 0. The molecule has 120 valence electrons. The highest BCUT2D eigenvalue weighted by atomic mass is 35.5. The van der Waals surface area contributed by atoms with E-state index in [1.807, 2.05) is 23.1 Å². The maximum absolute atomic E-state index is 12.5. The van der Waals surface area contributed by atoms with Crippen molar-refractivity contribution in [2.45, 2.75) is 25.8 Å². The predicted octanol–water partition coefficient (Wildman–Crippen LogP) is 2.37. The van der Waals surface area contributed by atoms with Crippen molar-refractivity contribution in [3.05, 3.63) is 34.3 Å². The van der Waals surface area contributed by atoms with Crippen molar-refractivity contribution in [3.63, 3.8) is 0 Å². The van der Waals surface area contributed by atoms with Gasteiger partial charge >= 0.3 is 0 Å². The summed E-state index contributed by atoms with van der Waals surface area (Å²) >= 11 is 6.42. The molecule has 1 aromatic rings. The van der Waals surface area contributed by atoms with Gasteiger partial charge in [-0.2, -0.15) is 0 Å². The summed E-state index contributed by atoms with van der Waals surface area (Å²) in [6, 6.07) is 5.79. The van der Waals surface area contributed by atoms with Crippen LogP contribution in [0.5, 0.6) is 0 Å². The molecule has 0 spiro atoms. The Morgan fingerprint density at radius 1 is 1.09 bits per heavy atom. The van der Waals surface area contributed by atoms with Gasteiger partial charge in [0.1, 0.15) is 0 Å². The summed E-state index contributed by atoms with van der Waals surface area (Å²) in [4.78, 5) is 16.8. The van der Waals surface area contributed by atoms with E-state index in [1.54, 1.807) is 0 Å². The number of rotatable bonds is 3. The van der Waals surface area contributed by atoms with Crippen molar-refractivity contribution in [3.8, 4) is 0 Å². The molecule has 4 nitrogen and oxygen atoms in total. The lowest BCUT2D eigenvalue weighted by molar-refractivity contribution is 0.0724. The second-order valence-electron chi connectivity index (χ2n) is 6.19. The molecule has 0 aliphatic carbocycles. The Labute approximate surface area is 137 Å². The van der Waals surface area contributed by atoms with Gasteiger partial charge in [-0.15, -0.1) is 0 Å². The molecular weight excluding hydrogens is 298 g/mol. The zero-order valence-corrected chi connectivity index (χ0v) is 13.7. The first-order chi connectivity index (χ1) is 10.7. The Balaban J connectivity index is 1.67. The van der Waals surface area contributed by atoms with Gasteiger partial charge in [0, 0.05) is 56.4 Å². The van der Waals surface area contributed by atoms with Gasteiger partial charge in [-0.3, -0.25) is 9.69 Å². The molecule has 22 heavy (non-hydrogen) atoms. The number of benzene rings is 1. The van der Waals surface area contributed by atoms with Gasteiger partial charge in [-0.1, -0.05) is 17.7 Å². The first kappa shape index (κ1) is 15.8. The fourth-order valence-corrected chi connectivity index (χ4v) is 3.44. The molecule has 1 aromatic carbocycles. The van der Waals surface area contributed by atoms with E-state index in [0.717, 1.165) is 69.8 Å². The van der Waals surface area contributed by atoms with Crippen LogP contribution in [0.15, 0.2) is 18.2 Å². The number of piperazine rings is 1. The summed E-state index contributed by atoms with van der Waals surface area (Å²) in [5.41, 5.74) is 1.83. The summed E-state index contributed by atoms with van der Waals surface area (Å²) in [6.07, 6.45) is 3.45. The minimum Gasteiger partial charge on any atom is -0.339 e. The molecular formula is C17H24ClN3O. The van der Waals surface area contributed by atoms with Crippen LogP contribution in [0.1, 0.15) is 35.2 Å². The lowest BCUT2D eigenvalue weighted by Gasteiger charge is -2.28. The molecule has 0 atom stereocenters. The van der Waals surface area contributed by atoms with Crippen molar-refractivity contribution in [2.24, 2.45) is 0 Å². The minimum atomic E-state index is 0.121. The van der Waals surface area contributed by atoms with E-state index in [1.165, 1.54) is 6.42 Å². The van der Waals surface area contributed by atoms with Crippen LogP contribution in [-0.4, -0.2) is 55.0 Å². The average molecular weight is 322 g/mol. The normalized spacial score (nSPS) is 20.1. The molecule has 2 heterocycles. The molecule has 0 aromatic heterocycles. The number of hydrogen-bond donors (Lipinski definition) is 1. The fraction of sp³-hybridized carbons (Fsp3) is 0.588. The highest BCUT2D eigenvalue weighted by Gasteiger charge is 2.19. The number of nitrogens with zero attached hydrogens (tertiary/aromatic N) is 2. The molecule has 0 bridgehead atoms. The fourth-order valence-electron chi connectivity index (χ4n) is 3.20. The third-order valence-electron chi connectivity index (χ3n) is 4.55. The van der Waals surface area contributed by atoms with Crippen LogP contribution in [0.4, 0.5) is 0 Å². The van der Waals surface area contributed by atoms with Crippen LogP contribution in [-0.2, 0) is 6.54 Å². The standard InChI is InChI=1S/C17H24ClN3O/c18-16-12-14(17(22)21-8-2-1-3-9-21)4-5-15(16)13-20-10-6-19-7-11-20/h4-5,12,19H,1-3,6-11,13H2. The molecule has 2 aliphatic rings. The Morgan fingerprint density at radius 2 is 1.82 bits per heavy atom. The van der Waals surface area contributed by atoms with E-state index in [4.69, 9.17) is 11.6 Å². The lowest BCUT2D eigenvalue weighted by Crippen LogP contribution is -2.42. The first-order valence-corrected chi connectivity index (χ1v) is 8.62. The Kier molecular flexibility index (Phi) is 5.34. The summed E-state index contributed by atoms with van der Waals surface area (Å²) in [5.74, 6) is 0.121. The van der Waals surface area contributed by atoms with Crippen LogP contribution in [0.25, 0.3) is 0 Å². The van der Waals surface area contributed by atoms with Crippen LogP contribution < -0.4 is 5.32 Å². The van der Waals surface area contributed by atoms with Crippen molar-refractivity contribution < 1.29 is 4.79 Å². The maximum atomic E-state index is 12.5. The second-order valence-corrected chi connectivity index (χ2v) is 6.59. The lowest BCUT2D eigenvalue weighted by atomic mass is 10.1. The summed E-state index contributed by atoms with van der Waals surface area (Å²) < 4.78 is 0. The number of carbonyl (C=O) groups excluding carboxylic acids is 1. The van der Waals surface area contributed by atoms with Crippen molar-refractivity contribution >= 4 is 17.5 Å². The number of hydrogen-bond acceptors (Lipinski definition) is 3. The molecule has 5 heteroatoms. The molecule has 2 aliphatic heterocycles. The van der Waals surface area contributed by atoms with Crippen molar-refractivity contribution in [1.29, 1.82) is 0 Å². The molecule has 2 saturated heterocycles. The van der Waals surface area contributed by atoms with E-state index in [2.05, 4.69) is 10.2 Å². The monoisotopic (exact) mass is 321 g/mol. The van der Waals surface area contributed by atoms with Gasteiger partial charge < -0.3 is 10.2 Å². The SMILES string of the molecule is O=C(c1ccc(CN2CCNCC2)c(Cl)c1)N1CCCCC1. The van der Waals surface area contributed by atoms with Gasteiger partial charge in [-0.25, -0.2) is 0 Å². The number of amides is 1. The first-order valence-electron chi connectivity index (χ1n) is 8.25. The Bertz CT molecular complexity index is 523. The Hall–Kier alpha value is -1.10. The van der Waals surface area contributed by atoms with Crippen LogP contribution in [0, 0.1) is 0 Å². The molecule has 0 unspecified atom stereocenters. The molecule has 2 fully saturated rings. The number of halogens is 1. The highest BCUT2D eigenvalue weighted by molar-refractivity contribution is 6.31. The third kappa shape index (κ3) is 3.80. The largest absolute Gasteiger partial charge is 0.339 e. The maximum Gasteiger partial charge on any atom is 0.253 e. The number of likely N-dealkylation sites (tertiary alicyclic amines) is 1. The zero-order valence-electron chi connectivity index (χ0n) is 13.0. The third-order valence-corrected chi connectivity index (χ3v) is 4.90. The van der Waals surface area contributed by atoms with E-state index < -0.39 is 0 Å². The summed E-state index contributed by atoms with van der Waals surface area (Å²) in [5, 5.41) is 4.06. The predicted molar refractivity (Wildman–Crippen MR) is 89.4 cm³/mol. The van der Waals surface area contributed by atoms with Crippen molar-refractivity contribution in [1.82, 2.24) is 15.1 Å². The van der Waals surface area contributed by atoms with Crippen LogP contribution in [0.3, 0.4) is 0 Å². The van der Waals surface area contributed by atoms with Gasteiger partial charge in [0.2, 0.25) is 0 Å². The second kappa shape index (κ2) is 7.44. The van der Waals surface area contributed by atoms with Gasteiger partial charge in [0.25, 0.3) is 5.91 Å². The van der Waals surface area contributed by atoms with Gasteiger partial charge in [0.05, 0.1) is 0 Å². The topological polar surface area (TPSA) is 35.6 Å². The van der Waals surface area contributed by atoms with E-state index in [9.17, 15) is 4.79 Å². The molecule has 1 amide bonds. The Morgan fingerprint density at radius 3 is 2.50 bits per heavy atom. The van der Waals surface area contributed by atoms with E-state index in [0.29, 0.717) is 5.02 Å². The van der Waals surface area contributed by atoms with Gasteiger partial charge in [-0.05, 0) is 37.0 Å². The number of nitrogens with one attached hydrogen (secondary N) is 1. The molecule has 1 N–H and O–H groups in total. The minimum absolute atomic E-state index is 0.121. The quantitative estimate of drug-likeness (QED) is 0.928. The molecule has 3 rings (SSSR count). The molecule has 0 saturated carbocycles. The summed E-state index contributed by atoms with van der Waals surface area (Å²) in [6.45, 7) is 6.76. The van der Waals surface area contributed by atoms with Crippen LogP contribution in [0.2, 0.25) is 5.02 Å². The van der Waals surface area contributed by atoms with Crippen LogP contribution >= 0.6 is 11.6 Å². The number of piperidine rings is 1. The van der Waals surface area contributed by atoms with Crippen molar-refractivity contribution in [2.75, 3.05) is 39.3 Å². The molecule has 0 radical (unpaired) electrons. The average Bonchev–Trinajstić information content (AvgIpc) is 2.58. The van der Waals surface area contributed by atoms with E-state index in [-0.39, 0.29) is 5.91 Å². The van der Waals surface area contributed by atoms with E-state index >= 15 is 0 Å². The smallest absolute Gasteiger partial charge is 0.253 e. The van der Waals surface area contributed by atoms with Gasteiger partial charge in [0.15, 0.2) is 0 Å². The number of carbonyl (C=O) groups is 1. The zero-order chi connectivity index (χ0) is 15.4.